The molecule has 1 aliphatic heterocycles. The van der Waals surface area contributed by atoms with Gasteiger partial charge in [-0.05, 0) is 56.2 Å². The summed E-state index contributed by atoms with van der Waals surface area (Å²) in [4.78, 5) is 17.3. The van der Waals surface area contributed by atoms with Gasteiger partial charge in [0.1, 0.15) is 11.3 Å². The van der Waals surface area contributed by atoms with E-state index in [0.717, 1.165) is 17.5 Å². The molecule has 1 atom stereocenters. The van der Waals surface area contributed by atoms with Gasteiger partial charge in [0.15, 0.2) is 5.13 Å². The highest BCUT2D eigenvalue weighted by atomic mass is 32.2. The highest BCUT2D eigenvalue weighted by Crippen LogP contribution is 2.32. The van der Waals surface area contributed by atoms with E-state index in [1.165, 1.54) is 39.9 Å². The molecule has 8 nitrogen and oxygen atoms in total. The number of benzene rings is 2. The van der Waals surface area contributed by atoms with Gasteiger partial charge in [0.2, 0.25) is 10.0 Å². The minimum Gasteiger partial charge on any atom is -0.492 e. The van der Waals surface area contributed by atoms with Crippen LogP contribution in [0.15, 0.2) is 47.4 Å². The first-order chi connectivity index (χ1) is 15.4. The summed E-state index contributed by atoms with van der Waals surface area (Å²) in [6.45, 7) is 3.41. The lowest BCUT2D eigenvalue weighted by Crippen LogP contribution is -2.34. The Balaban J connectivity index is 1.46. The average Bonchev–Trinajstić information content (AvgIpc) is 3.44. The second-order valence-corrected chi connectivity index (χ2v) is 10.5. The summed E-state index contributed by atoms with van der Waals surface area (Å²) in [5.74, 6) is 0.308. The Morgan fingerprint density at radius 3 is 2.75 bits per heavy atom. The molecular weight excluding hydrogens is 450 g/mol. The number of nitrogens with one attached hydrogen (secondary N) is 1. The van der Waals surface area contributed by atoms with E-state index in [9.17, 15) is 13.2 Å². The van der Waals surface area contributed by atoms with E-state index in [0.29, 0.717) is 41.7 Å². The highest BCUT2D eigenvalue weighted by molar-refractivity contribution is 7.89. The van der Waals surface area contributed by atoms with E-state index >= 15 is 0 Å². The lowest BCUT2D eigenvalue weighted by atomic mass is 10.2. The van der Waals surface area contributed by atoms with Crippen molar-refractivity contribution >= 4 is 42.6 Å². The number of likely N-dealkylation sites (N-methyl/N-ethyl adjacent to an activating group) is 1. The molecule has 1 amide bonds. The van der Waals surface area contributed by atoms with Crippen LogP contribution in [0.5, 0.6) is 5.75 Å². The van der Waals surface area contributed by atoms with E-state index in [1.54, 1.807) is 7.05 Å². The number of nitrogens with zero attached hydrogens (tertiary/aromatic N) is 2. The van der Waals surface area contributed by atoms with Crippen molar-refractivity contribution in [2.75, 3.05) is 32.1 Å². The van der Waals surface area contributed by atoms with Crippen LogP contribution >= 0.6 is 11.3 Å². The molecule has 1 aromatic heterocycles. The molecule has 0 saturated carbocycles. The van der Waals surface area contributed by atoms with Gasteiger partial charge in [0.25, 0.3) is 5.91 Å². The molecule has 0 aliphatic carbocycles. The quantitative estimate of drug-likeness (QED) is 0.533. The summed E-state index contributed by atoms with van der Waals surface area (Å²) in [5, 5.41) is 3.23. The number of rotatable bonds is 8. The van der Waals surface area contributed by atoms with Crippen molar-refractivity contribution in [1.82, 2.24) is 9.29 Å². The minimum absolute atomic E-state index is 0.0723. The maximum atomic E-state index is 12.8. The third kappa shape index (κ3) is 4.78. The smallest absolute Gasteiger partial charge is 0.257 e. The molecule has 170 valence electrons. The third-order valence-electron chi connectivity index (χ3n) is 5.21. The zero-order valence-corrected chi connectivity index (χ0v) is 19.5. The van der Waals surface area contributed by atoms with E-state index in [-0.39, 0.29) is 16.9 Å². The fraction of sp³-hybridized carbons (Fsp3) is 0.364. The van der Waals surface area contributed by atoms with Gasteiger partial charge in [-0.1, -0.05) is 17.4 Å². The van der Waals surface area contributed by atoms with Crippen LogP contribution in [0.25, 0.3) is 10.2 Å². The average molecular weight is 476 g/mol. The zero-order chi connectivity index (χ0) is 22.7. The SMILES string of the molecule is CCOc1cccc2sc(NC(=O)c3ccc(S(=O)(=O)N(C)CC4CCCO4)cc3)nc12. The highest BCUT2D eigenvalue weighted by Gasteiger charge is 2.26. The lowest BCUT2D eigenvalue weighted by Gasteiger charge is -2.20. The molecule has 10 heteroatoms. The third-order valence-corrected chi connectivity index (χ3v) is 7.99. The Kier molecular flexibility index (Phi) is 6.75. The molecule has 32 heavy (non-hydrogen) atoms. The lowest BCUT2D eigenvalue weighted by molar-refractivity contribution is 0.0979. The van der Waals surface area contributed by atoms with Crippen LogP contribution in [0.2, 0.25) is 0 Å². The Hall–Kier alpha value is -2.53. The predicted octanol–water partition coefficient (Wildman–Crippen LogP) is 3.75. The number of aromatic nitrogens is 1. The summed E-state index contributed by atoms with van der Waals surface area (Å²) in [5.41, 5.74) is 1.04. The van der Waals surface area contributed by atoms with Crippen LogP contribution in [-0.2, 0) is 14.8 Å². The molecule has 1 aliphatic rings. The topological polar surface area (TPSA) is 97.8 Å². The fourth-order valence-corrected chi connectivity index (χ4v) is 5.63. The summed E-state index contributed by atoms with van der Waals surface area (Å²) in [6, 6.07) is 11.5. The number of hydrogen-bond acceptors (Lipinski definition) is 7. The molecule has 1 unspecified atom stereocenters. The number of thiazole rings is 1. The number of amides is 1. The number of carbonyl (C=O) groups excluding carboxylic acids is 1. The summed E-state index contributed by atoms with van der Waals surface area (Å²) in [7, 11) is -2.12. The van der Waals surface area contributed by atoms with Crippen LogP contribution in [0.3, 0.4) is 0 Å². The molecule has 4 rings (SSSR count). The number of anilines is 1. The van der Waals surface area contributed by atoms with Crippen LogP contribution < -0.4 is 10.1 Å². The maximum absolute atomic E-state index is 12.8. The van der Waals surface area contributed by atoms with Crippen molar-refractivity contribution < 1.29 is 22.7 Å². The van der Waals surface area contributed by atoms with Crippen molar-refractivity contribution in [1.29, 1.82) is 0 Å². The van der Waals surface area contributed by atoms with Crippen LogP contribution in [0, 0.1) is 0 Å². The monoisotopic (exact) mass is 475 g/mol. The Morgan fingerprint density at radius 1 is 1.28 bits per heavy atom. The number of para-hydroxylation sites is 1. The van der Waals surface area contributed by atoms with E-state index in [4.69, 9.17) is 9.47 Å². The molecule has 2 heterocycles. The van der Waals surface area contributed by atoms with Crippen molar-refractivity contribution in [3.05, 3.63) is 48.0 Å². The first kappa shape index (κ1) is 22.7. The van der Waals surface area contributed by atoms with E-state index in [1.807, 2.05) is 25.1 Å². The summed E-state index contributed by atoms with van der Waals surface area (Å²) >= 11 is 1.35. The number of fused-ring (bicyclic) bond motifs is 1. The zero-order valence-electron chi connectivity index (χ0n) is 17.9. The molecule has 1 fully saturated rings. The van der Waals surface area contributed by atoms with Gasteiger partial charge in [-0.25, -0.2) is 13.4 Å². The Bertz CT molecular complexity index is 1200. The van der Waals surface area contributed by atoms with Gasteiger partial charge in [0.05, 0.1) is 22.3 Å². The van der Waals surface area contributed by atoms with Gasteiger partial charge in [-0.15, -0.1) is 0 Å². The number of sulfonamides is 1. The number of hydrogen-bond donors (Lipinski definition) is 1. The second-order valence-electron chi connectivity index (χ2n) is 7.45. The molecule has 2 aromatic carbocycles. The van der Waals surface area contributed by atoms with Crippen molar-refractivity contribution in [2.45, 2.75) is 30.8 Å². The van der Waals surface area contributed by atoms with E-state index in [2.05, 4.69) is 10.3 Å². The number of ether oxygens (including phenoxy) is 2. The molecule has 1 N–H and O–H groups in total. The van der Waals surface area contributed by atoms with Crippen molar-refractivity contribution in [3.8, 4) is 5.75 Å². The summed E-state index contributed by atoms with van der Waals surface area (Å²) < 4.78 is 39.0. The molecule has 0 spiro atoms. The van der Waals surface area contributed by atoms with Crippen LogP contribution in [0.4, 0.5) is 5.13 Å². The normalized spacial score (nSPS) is 16.5. The predicted molar refractivity (Wildman–Crippen MR) is 124 cm³/mol. The van der Waals surface area contributed by atoms with Gasteiger partial charge in [0, 0.05) is 25.8 Å². The van der Waals surface area contributed by atoms with Crippen LogP contribution in [-0.4, -0.2) is 56.5 Å². The second kappa shape index (κ2) is 9.53. The van der Waals surface area contributed by atoms with Crippen LogP contribution in [0.1, 0.15) is 30.1 Å². The van der Waals surface area contributed by atoms with Gasteiger partial charge >= 0.3 is 0 Å². The fourth-order valence-electron chi connectivity index (χ4n) is 3.55. The Morgan fingerprint density at radius 2 is 2.06 bits per heavy atom. The molecule has 3 aromatic rings. The molecule has 0 bridgehead atoms. The van der Waals surface area contributed by atoms with Gasteiger partial charge in [-0.2, -0.15) is 4.31 Å². The Labute approximate surface area is 191 Å². The molecular formula is C22H25N3O5S2. The van der Waals surface area contributed by atoms with E-state index < -0.39 is 10.0 Å². The largest absolute Gasteiger partial charge is 0.492 e. The maximum Gasteiger partial charge on any atom is 0.257 e. The standard InChI is InChI=1S/C22H25N3O5S2/c1-3-29-18-7-4-8-19-20(18)23-22(31-19)24-21(26)15-9-11-17(12-10-15)32(27,28)25(2)14-16-6-5-13-30-16/h4,7-12,16H,3,5-6,13-14H2,1-2H3,(H,23,24,26). The van der Waals surface area contributed by atoms with Crippen molar-refractivity contribution in [3.63, 3.8) is 0 Å². The number of carbonyl (C=O) groups is 1. The van der Waals surface area contributed by atoms with Gasteiger partial charge in [-0.3, -0.25) is 10.1 Å². The minimum atomic E-state index is -3.66. The molecule has 1 saturated heterocycles. The van der Waals surface area contributed by atoms with Crippen molar-refractivity contribution in [2.24, 2.45) is 0 Å². The molecule has 0 radical (unpaired) electrons. The first-order valence-corrected chi connectivity index (χ1v) is 12.7. The summed E-state index contributed by atoms with van der Waals surface area (Å²) in [6.07, 6.45) is 1.73. The van der Waals surface area contributed by atoms with Gasteiger partial charge < -0.3 is 9.47 Å². The first-order valence-electron chi connectivity index (χ1n) is 10.4.